The average Bonchev–Trinajstić information content (AvgIpc) is 2.58. The number of thiocarbonyl (C=S) groups is 1. The van der Waals surface area contributed by atoms with E-state index in [-0.39, 0.29) is 0 Å². The highest BCUT2D eigenvalue weighted by atomic mass is 32.1. The highest BCUT2D eigenvalue weighted by molar-refractivity contribution is 7.80. The van der Waals surface area contributed by atoms with E-state index in [2.05, 4.69) is 29.8 Å². The maximum Gasteiger partial charge on any atom is 0.166 e. The summed E-state index contributed by atoms with van der Waals surface area (Å²) in [5.74, 6) is 0. The van der Waals surface area contributed by atoms with Gasteiger partial charge < -0.3 is 15.2 Å². The van der Waals surface area contributed by atoms with Crippen LogP contribution in [-0.2, 0) is 13.6 Å². The van der Waals surface area contributed by atoms with Gasteiger partial charge in [-0.2, -0.15) is 0 Å². The van der Waals surface area contributed by atoms with Crippen LogP contribution in [-0.4, -0.2) is 16.2 Å². The lowest BCUT2D eigenvalue weighted by Crippen LogP contribution is -2.34. The summed E-state index contributed by atoms with van der Waals surface area (Å²) in [6.45, 7) is 3.84. The third-order valence-corrected chi connectivity index (χ3v) is 2.17. The van der Waals surface area contributed by atoms with Crippen molar-refractivity contribution < 1.29 is 0 Å². The Morgan fingerprint density at radius 2 is 2.29 bits per heavy atom. The summed E-state index contributed by atoms with van der Waals surface area (Å²) >= 11 is 5.10. The Kier molecular flexibility index (Phi) is 4.46. The van der Waals surface area contributed by atoms with Crippen molar-refractivity contribution in [3.8, 4) is 0 Å². The van der Waals surface area contributed by atoms with E-state index < -0.39 is 0 Å². The SMILES string of the molecule is CCCNC(=S)NCc1ccn(C)c1. The van der Waals surface area contributed by atoms with Crippen LogP contribution in [0.25, 0.3) is 0 Å². The summed E-state index contributed by atoms with van der Waals surface area (Å²) in [7, 11) is 2.01. The molecule has 0 saturated heterocycles. The zero-order valence-electron chi connectivity index (χ0n) is 8.71. The lowest BCUT2D eigenvalue weighted by Gasteiger charge is -2.08. The molecular formula is C10H17N3S. The molecule has 1 rings (SSSR count). The minimum absolute atomic E-state index is 0.732. The van der Waals surface area contributed by atoms with Crippen LogP contribution in [0.15, 0.2) is 18.5 Å². The molecule has 14 heavy (non-hydrogen) atoms. The maximum absolute atomic E-state index is 5.10. The summed E-state index contributed by atoms with van der Waals surface area (Å²) in [6.07, 6.45) is 5.20. The highest BCUT2D eigenvalue weighted by Crippen LogP contribution is 1.97. The Morgan fingerprint density at radius 1 is 1.50 bits per heavy atom. The molecule has 0 aromatic carbocycles. The molecule has 1 aromatic rings. The van der Waals surface area contributed by atoms with Gasteiger partial charge in [0.15, 0.2) is 5.11 Å². The van der Waals surface area contributed by atoms with Gasteiger partial charge in [0.25, 0.3) is 0 Å². The van der Waals surface area contributed by atoms with Gasteiger partial charge in [-0.25, -0.2) is 0 Å². The van der Waals surface area contributed by atoms with Crippen LogP contribution in [0.2, 0.25) is 0 Å². The predicted octanol–water partition coefficient (Wildman–Crippen LogP) is 1.40. The normalized spacial score (nSPS) is 9.86. The van der Waals surface area contributed by atoms with Crippen molar-refractivity contribution in [1.29, 1.82) is 0 Å². The largest absolute Gasteiger partial charge is 0.363 e. The number of rotatable bonds is 4. The van der Waals surface area contributed by atoms with Crippen molar-refractivity contribution in [2.75, 3.05) is 6.54 Å². The monoisotopic (exact) mass is 211 g/mol. The summed E-state index contributed by atoms with van der Waals surface area (Å²) in [4.78, 5) is 0. The van der Waals surface area contributed by atoms with Crippen molar-refractivity contribution >= 4 is 17.3 Å². The Bertz CT molecular complexity index is 293. The second kappa shape index (κ2) is 5.65. The quantitative estimate of drug-likeness (QED) is 0.738. The van der Waals surface area contributed by atoms with E-state index in [0.717, 1.165) is 24.6 Å². The zero-order chi connectivity index (χ0) is 10.4. The molecular weight excluding hydrogens is 194 g/mol. The third kappa shape index (κ3) is 3.79. The molecule has 0 atom stereocenters. The zero-order valence-corrected chi connectivity index (χ0v) is 9.53. The van der Waals surface area contributed by atoms with Gasteiger partial charge >= 0.3 is 0 Å². The second-order valence-corrected chi connectivity index (χ2v) is 3.70. The standard InChI is InChI=1S/C10H17N3S/c1-3-5-11-10(14)12-7-9-4-6-13(2)8-9/h4,6,8H,3,5,7H2,1-2H3,(H2,11,12,14). The van der Waals surface area contributed by atoms with E-state index in [4.69, 9.17) is 12.2 Å². The molecule has 0 bridgehead atoms. The summed E-state index contributed by atoms with van der Waals surface area (Å²) < 4.78 is 2.03. The topological polar surface area (TPSA) is 29.0 Å². The first-order chi connectivity index (χ1) is 6.72. The molecule has 1 heterocycles. The first-order valence-corrected chi connectivity index (χ1v) is 5.25. The summed E-state index contributed by atoms with van der Waals surface area (Å²) in [6, 6.07) is 2.08. The van der Waals surface area contributed by atoms with Crippen LogP contribution in [0.4, 0.5) is 0 Å². The van der Waals surface area contributed by atoms with Crippen molar-refractivity contribution in [2.45, 2.75) is 19.9 Å². The smallest absolute Gasteiger partial charge is 0.166 e. The number of nitrogens with one attached hydrogen (secondary N) is 2. The first kappa shape index (κ1) is 11.0. The molecule has 3 nitrogen and oxygen atoms in total. The van der Waals surface area contributed by atoms with E-state index in [1.807, 2.05) is 17.8 Å². The Labute approximate surface area is 90.5 Å². The van der Waals surface area contributed by atoms with Crippen molar-refractivity contribution in [3.63, 3.8) is 0 Å². The first-order valence-electron chi connectivity index (χ1n) is 4.85. The molecule has 0 aliphatic rings. The lowest BCUT2D eigenvalue weighted by molar-refractivity contribution is 0.798. The Morgan fingerprint density at radius 3 is 2.86 bits per heavy atom. The van der Waals surface area contributed by atoms with Gasteiger partial charge in [-0.1, -0.05) is 6.92 Å². The second-order valence-electron chi connectivity index (χ2n) is 3.29. The van der Waals surface area contributed by atoms with Crippen LogP contribution in [0.3, 0.4) is 0 Å². The van der Waals surface area contributed by atoms with Gasteiger partial charge in [0.1, 0.15) is 0 Å². The molecule has 0 fully saturated rings. The lowest BCUT2D eigenvalue weighted by atomic mass is 10.3. The Balaban J connectivity index is 2.23. The van der Waals surface area contributed by atoms with Gasteiger partial charge in [0.2, 0.25) is 0 Å². The van der Waals surface area contributed by atoms with Crippen LogP contribution in [0.5, 0.6) is 0 Å². The van der Waals surface area contributed by atoms with Crippen LogP contribution in [0.1, 0.15) is 18.9 Å². The van der Waals surface area contributed by atoms with Gasteiger partial charge in [-0.05, 0) is 30.3 Å². The number of nitrogens with zero attached hydrogens (tertiary/aromatic N) is 1. The predicted molar refractivity (Wildman–Crippen MR) is 63.1 cm³/mol. The van der Waals surface area contributed by atoms with Gasteiger partial charge in [0.05, 0.1) is 0 Å². The van der Waals surface area contributed by atoms with Gasteiger partial charge in [0, 0.05) is 32.5 Å². The summed E-state index contributed by atoms with van der Waals surface area (Å²) in [5, 5.41) is 7.01. The number of aryl methyl sites for hydroxylation is 1. The van der Waals surface area contributed by atoms with E-state index in [1.165, 1.54) is 5.56 Å². The number of aromatic nitrogens is 1. The molecule has 0 saturated carbocycles. The van der Waals surface area contributed by atoms with E-state index in [0.29, 0.717) is 0 Å². The van der Waals surface area contributed by atoms with E-state index in [1.54, 1.807) is 0 Å². The molecule has 0 spiro atoms. The van der Waals surface area contributed by atoms with Gasteiger partial charge in [-0.15, -0.1) is 0 Å². The van der Waals surface area contributed by atoms with Crippen molar-refractivity contribution in [1.82, 2.24) is 15.2 Å². The fourth-order valence-corrected chi connectivity index (χ4v) is 1.32. The fourth-order valence-electron chi connectivity index (χ4n) is 1.15. The molecule has 1 aromatic heterocycles. The highest BCUT2D eigenvalue weighted by Gasteiger charge is 1.96. The minimum atomic E-state index is 0.732. The van der Waals surface area contributed by atoms with E-state index in [9.17, 15) is 0 Å². The molecule has 0 radical (unpaired) electrons. The molecule has 4 heteroatoms. The van der Waals surface area contributed by atoms with Gasteiger partial charge in [-0.3, -0.25) is 0 Å². The molecule has 0 unspecified atom stereocenters. The third-order valence-electron chi connectivity index (χ3n) is 1.88. The number of hydrogen-bond donors (Lipinski definition) is 2. The van der Waals surface area contributed by atoms with Crippen molar-refractivity contribution in [3.05, 3.63) is 24.0 Å². The molecule has 0 aliphatic heterocycles. The van der Waals surface area contributed by atoms with E-state index >= 15 is 0 Å². The van der Waals surface area contributed by atoms with Crippen LogP contribution >= 0.6 is 12.2 Å². The molecule has 2 N–H and O–H groups in total. The summed E-state index contributed by atoms with van der Waals surface area (Å²) in [5.41, 5.74) is 1.24. The molecule has 78 valence electrons. The minimum Gasteiger partial charge on any atom is -0.363 e. The Hall–Kier alpha value is -1.03. The van der Waals surface area contributed by atoms with Crippen LogP contribution < -0.4 is 10.6 Å². The number of hydrogen-bond acceptors (Lipinski definition) is 1. The average molecular weight is 211 g/mol. The van der Waals surface area contributed by atoms with Crippen molar-refractivity contribution in [2.24, 2.45) is 7.05 Å². The fraction of sp³-hybridized carbons (Fsp3) is 0.500. The maximum atomic E-state index is 5.10. The molecule has 0 aliphatic carbocycles. The van der Waals surface area contributed by atoms with Crippen LogP contribution in [0, 0.1) is 0 Å². The molecule has 0 amide bonds.